The van der Waals surface area contributed by atoms with Crippen LogP contribution in [0.5, 0.6) is 5.75 Å². The van der Waals surface area contributed by atoms with Crippen molar-refractivity contribution in [3.8, 4) is 5.75 Å². The molecule has 0 saturated carbocycles. The Labute approximate surface area is 292 Å². The van der Waals surface area contributed by atoms with Crippen molar-refractivity contribution in [3.63, 3.8) is 0 Å². The highest BCUT2D eigenvalue weighted by atomic mass is 16.6. The van der Waals surface area contributed by atoms with Gasteiger partial charge in [-0.25, -0.2) is 9.59 Å². The summed E-state index contributed by atoms with van der Waals surface area (Å²) in [6.45, 7) is 8.50. The van der Waals surface area contributed by atoms with Crippen LogP contribution in [0.3, 0.4) is 0 Å². The highest BCUT2D eigenvalue weighted by Gasteiger charge is 2.37. The molecule has 2 aromatic rings. The van der Waals surface area contributed by atoms with E-state index in [-0.39, 0.29) is 37.5 Å². The van der Waals surface area contributed by atoms with E-state index < -0.39 is 72.0 Å². The van der Waals surface area contributed by atoms with Gasteiger partial charge in [-0.15, -0.1) is 0 Å². The molecule has 1 heterocycles. The predicted molar refractivity (Wildman–Crippen MR) is 184 cm³/mol. The maximum Gasteiger partial charge on any atom is 0.408 e. The number of rotatable bonds is 15. The standard InChI is InChI=1S/C36H49N5O9/c1-22(2)18-28(34(47)48)39-32(45)27(19-23-10-7-6-8-11-23)38-33(46)29-12-9-17-41(29)30(43)21-37-31(44)26(40-35(49)50-36(3,4)5)20-24-13-15-25(42)16-14-24/h6-8,10-11,13-16,22,26-29,42H,9,12,17-21H2,1-5H3,(H,37,44)(H,38,46)(H,39,45)(H,40,49)(H,47,48)/t26-,27-,28-,29-/m0/s1. The Kier molecular flexibility index (Phi) is 14.2. The van der Waals surface area contributed by atoms with E-state index in [1.54, 1.807) is 57.2 Å². The number of phenolic OH excluding ortho intramolecular Hbond substituents is 1. The summed E-state index contributed by atoms with van der Waals surface area (Å²) in [5.41, 5.74) is 0.555. The van der Waals surface area contributed by atoms with Crippen LogP contribution in [-0.4, -0.2) is 93.7 Å². The number of amides is 5. The molecule has 0 radical (unpaired) electrons. The van der Waals surface area contributed by atoms with Crippen molar-refractivity contribution in [2.24, 2.45) is 5.92 Å². The van der Waals surface area contributed by atoms with Gasteiger partial charge in [0.2, 0.25) is 23.6 Å². The number of aliphatic carboxylic acids is 1. The SMILES string of the molecule is CC(C)C[C@H](NC(=O)[C@H](Cc1ccccc1)NC(=O)[C@@H]1CCCN1C(=O)CNC(=O)[C@H](Cc1ccc(O)cc1)NC(=O)OC(C)(C)C)C(=O)O. The lowest BCUT2D eigenvalue weighted by atomic mass is 10.0. The van der Waals surface area contributed by atoms with Crippen molar-refractivity contribution in [1.82, 2.24) is 26.2 Å². The Morgan fingerprint density at radius 1 is 0.840 bits per heavy atom. The molecule has 2 aromatic carbocycles. The minimum atomic E-state index is -1.18. The minimum Gasteiger partial charge on any atom is -0.508 e. The number of carboxylic acid groups (broad SMARTS) is 1. The number of aromatic hydroxyl groups is 1. The number of benzene rings is 2. The van der Waals surface area contributed by atoms with E-state index in [1.165, 1.54) is 17.0 Å². The lowest BCUT2D eigenvalue weighted by Crippen LogP contribution is -2.57. The van der Waals surface area contributed by atoms with Crippen LogP contribution in [0.25, 0.3) is 0 Å². The molecule has 0 spiro atoms. The summed E-state index contributed by atoms with van der Waals surface area (Å²) in [5, 5.41) is 29.7. The Balaban J connectivity index is 1.70. The number of phenols is 1. The fraction of sp³-hybridized carbons (Fsp3) is 0.500. The van der Waals surface area contributed by atoms with Gasteiger partial charge in [-0.1, -0.05) is 56.3 Å². The maximum absolute atomic E-state index is 13.6. The average molecular weight is 696 g/mol. The summed E-state index contributed by atoms with van der Waals surface area (Å²) in [4.78, 5) is 79.4. The average Bonchev–Trinajstić information content (AvgIpc) is 3.53. The first-order valence-electron chi connectivity index (χ1n) is 16.7. The van der Waals surface area contributed by atoms with Crippen LogP contribution in [-0.2, 0) is 41.6 Å². The molecule has 1 saturated heterocycles. The van der Waals surface area contributed by atoms with Gasteiger partial charge in [0.1, 0.15) is 35.5 Å². The van der Waals surface area contributed by atoms with Crippen molar-refractivity contribution < 1.29 is 43.7 Å². The molecule has 14 heteroatoms. The van der Waals surface area contributed by atoms with Gasteiger partial charge in [0.25, 0.3) is 0 Å². The maximum atomic E-state index is 13.6. The molecular weight excluding hydrogens is 646 g/mol. The minimum absolute atomic E-state index is 0.00621. The molecule has 4 atom stereocenters. The first kappa shape index (κ1) is 39.3. The van der Waals surface area contributed by atoms with E-state index in [0.29, 0.717) is 18.4 Å². The summed E-state index contributed by atoms with van der Waals surface area (Å²) < 4.78 is 5.31. The zero-order valence-electron chi connectivity index (χ0n) is 29.2. The summed E-state index contributed by atoms with van der Waals surface area (Å²) in [6, 6.07) is 10.7. The van der Waals surface area contributed by atoms with E-state index in [2.05, 4.69) is 21.3 Å². The molecule has 5 amide bonds. The molecule has 14 nitrogen and oxygen atoms in total. The Morgan fingerprint density at radius 2 is 1.44 bits per heavy atom. The molecule has 0 bridgehead atoms. The number of hydrogen-bond acceptors (Lipinski definition) is 8. The summed E-state index contributed by atoms with van der Waals surface area (Å²) >= 11 is 0. The van der Waals surface area contributed by atoms with Crippen LogP contribution < -0.4 is 21.3 Å². The fourth-order valence-corrected chi connectivity index (χ4v) is 5.54. The van der Waals surface area contributed by atoms with Crippen molar-refractivity contribution in [3.05, 3.63) is 65.7 Å². The van der Waals surface area contributed by atoms with Gasteiger partial charge in [-0.2, -0.15) is 0 Å². The second kappa shape index (κ2) is 18.0. The van der Waals surface area contributed by atoms with Crippen molar-refractivity contribution in [2.75, 3.05) is 13.1 Å². The smallest absolute Gasteiger partial charge is 0.408 e. The van der Waals surface area contributed by atoms with Crippen LogP contribution in [0.4, 0.5) is 4.79 Å². The van der Waals surface area contributed by atoms with Crippen LogP contribution in [0, 0.1) is 5.92 Å². The molecule has 50 heavy (non-hydrogen) atoms. The third-order valence-electron chi connectivity index (χ3n) is 7.91. The highest BCUT2D eigenvalue weighted by molar-refractivity contribution is 5.95. The molecule has 1 aliphatic heterocycles. The van der Waals surface area contributed by atoms with Crippen molar-refractivity contribution >= 4 is 35.7 Å². The van der Waals surface area contributed by atoms with Gasteiger partial charge in [0.15, 0.2) is 0 Å². The van der Waals surface area contributed by atoms with Gasteiger partial charge in [0, 0.05) is 19.4 Å². The summed E-state index contributed by atoms with van der Waals surface area (Å²) in [6.07, 6.45) is 0.334. The second-order valence-corrected chi connectivity index (χ2v) is 13.8. The van der Waals surface area contributed by atoms with E-state index in [0.717, 1.165) is 5.56 Å². The Bertz CT molecular complexity index is 1490. The highest BCUT2D eigenvalue weighted by Crippen LogP contribution is 2.19. The van der Waals surface area contributed by atoms with Crippen LogP contribution in [0.2, 0.25) is 0 Å². The van der Waals surface area contributed by atoms with Gasteiger partial charge in [0.05, 0.1) is 6.54 Å². The number of nitrogens with zero attached hydrogens (tertiary/aromatic N) is 1. The normalized spacial score (nSPS) is 16.1. The number of carbonyl (C=O) groups is 6. The lowest BCUT2D eigenvalue weighted by molar-refractivity contribution is -0.143. The third-order valence-corrected chi connectivity index (χ3v) is 7.91. The predicted octanol–water partition coefficient (Wildman–Crippen LogP) is 2.28. The molecule has 272 valence electrons. The molecule has 3 rings (SSSR count). The number of alkyl carbamates (subject to hydrolysis) is 1. The molecule has 1 aliphatic rings. The Morgan fingerprint density at radius 3 is 2.02 bits per heavy atom. The first-order chi connectivity index (χ1) is 23.5. The van der Waals surface area contributed by atoms with E-state index in [9.17, 15) is 39.0 Å². The number of carbonyl (C=O) groups excluding carboxylic acids is 5. The molecule has 0 unspecified atom stereocenters. The summed E-state index contributed by atoms with van der Waals surface area (Å²) in [5.74, 6) is -3.59. The first-order valence-corrected chi connectivity index (χ1v) is 16.7. The Hall–Kier alpha value is -5.14. The number of carboxylic acids is 1. The van der Waals surface area contributed by atoms with Gasteiger partial charge >= 0.3 is 12.1 Å². The fourth-order valence-electron chi connectivity index (χ4n) is 5.54. The van der Waals surface area contributed by atoms with Gasteiger partial charge in [-0.3, -0.25) is 19.2 Å². The third kappa shape index (κ3) is 12.7. The topological polar surface area (TPSA) is 203 Å². The zero-order valence-corrected chi connectivity index (χ0v) is 29.2. The molecule has 1 fully saturated rings. The van der Waals surface area contributed by atoms with Crippen molar-refractivity contribution in [2.45, 2.75) is 96.5 Å². The van der Waals surface area contributed by atoms with E-state index in [4.69, 9.17) is 4.74 Å². The van der Waals surface area contributed by atoms with Crippen molar-refractivity contribution in [1.29, 1.82) is 0 Å². The number of hydrogen-bond donors (Lipinski definition) is 6. The zero-order chi connectivity index (χ0) is 37.0. The molecular formula is C36H49N5O9. The molecule has 0 aromatic heterocycles. The monoisotopic (exact) mass is 695 g/mol. The van der Waals surface area contributed by atoms with Crippen LogP contribution in [0.1, 0.15) is 65.0 Å². The van der Waals surface area contributed by atoms with Crippen LogP contribution >= 0.6 is 0 Å². The van der Waals surface area contributed by atoms with Crippen LogP contribution in [0.15, 0.2) is 54.6 Å². The molecule has 6 N–H and O–H groups in total. The van der Waals surface area contributed by atoms with Gasteiger partial charge in [-0.05, 0) is 69.2 Å². The van der Waals surface area contributed by atoms with E-state index in [1.807, 2.05) is 19.9 Å². The summed E-state index contributed by atoms with van der Waals surface area (Å²) in [7, 11) is 0. The molecule has 0 aliphatic carbocycles. The second-order valence-electron chi connectivity index (χ2n) is 13.8. The van der Waals surface area contributed by atoms with Gasteiger partial charge < -0.3 is 41.1 Å². The quantitative estimate of drug-likeness (QED) is 0.162. The lowest BCUT2D eigenvalue weighted by Gasteiger charge is -2.28. The largest absolute Gasteiger partial charge is 0.508 e. The number of nitrogens with one attached hydrogen (secondary N) is 4. The number of likely N-dealkylation sites (tertiary alicyclic amines) is 1. The number of ether oxygens (including phenoxy) is 1. The van der Waals surface area contributed by atoms with E-state index >= 15 is 0 Å².